The van der Waals surface area contributed by atoms with Gasteiger partial charge in [-0.2, -0.15) is 0 Å². The lowest BCUT2D eigenvalue weighted by atomic mass is 10.3. The Bertz CT molecular complexity index is 308. The first-order valence-electron chi connectivity index (χ1n) is 5.44. The van der Waals surface area contributed by atoms with Gasteiger partial charge in [0.25, 0.3) is 5.91 Å². The Hall–Kier alpha value is -1.36. The van der Waals surface area contributed by atoms with Crippen LogP contribution in [0.5, 0.6) is 0 Å². The Kier molecular flexibility index (Phi) is 4.49. The second kappa shape index (κ2) is 5.65. The molecule has 0 aromatic heterocycles. The van der Waals surface area contributed by atoms with Crippen molar-refractivity contribution in [3.8, 4) is 0 Å². The predicted molar refractivity (Wildman–Crippen MR) is 63.1 cm³/mol. The zero-order valence-corrected chi connectivity index (χ0v) is 10.3. The zero-order valence-electron chi connectivity index (χ0n) is 10.3. The largest absolute Gasteiger partial charge is 0.358 e. The molecule has 5 nitrogen and oxygen atoms in total. The standard InChI is InChI=1S/C11H19N3O2/c1-5-14(6-2)11(15)9-7-10(16-4)13(3)8-12-9/h7-8,10H,5-6H2,1-4H3. The monoisotopic (exact) mass is 225 g/mol. The number of amides is 1. The molecule has 0 aromatic carbocycles. The summed E-state index contributed by atoms with van der Waals surface area (Å²) in [5.74, 6) is -0.0450. The third-order valence-electron chi connectivity index (χ3n) is 2.59. The molecule has 0 saturated heterocycles. The quantitative estimate of drug-likeness (QED) is 0.707. The maximum Gasteiger partial charge on any atom is 0.272 e. The second-order valence-electron chi connectivity index (χ2n) is 3.57. The average Bonchev–Trinajstić information content (AvgIpc) is 2.31. The number of ether oxygens (including phenoxy) is 1. The van der Waals surface area contributed by atoms with Crippen LogP contribution < -0.4 is 0 Å². The first-order valence-corrected chi connectivity index (χ1v) is 5.44. The minimum Gasteiger partial charge on any atom is -0.358 e. The summed E-state index contributed by atoms with van der Waals surface area (Å²) in [5, 5.41) is 0. The molecule has 0 N–H and O–H groups in total. The fourth-order valence-electron chi connectivity index (χ4n) is 1.55. The van der Waals surface area contributed by atoms with Crippen LogP contribution in [0.3, 0.4) is 0 Å². The number of carbonyl (C=O) groups excluding carboxylic acids is 1. The number of rotatable bonds is 4. The summed E-state index contributed by atoms with van der Waals surface area (Å²) >= 11 is 0. The van der Waals surface area contributed by atoms with Crippen LogP contribution in [-0.2, 0) is 9.53 Å². The second-order valence-corrected chi connectivity index (χ2v) is 3.57. The van der Waals surface area contributed by atoms with Crippen molar-refractivity contribution in [3.05, 3.63) is 11.8 Å². The highest BCUT2D eigenvalue weighted by Gasteiger charge is 2.21. The normalized spacial score (nSPS) is 19.6. The van der Waals surface area contributed by atoms with Crippen LogP contribution in [0, 0.1) is 0 Å². The highest BCUT2D eigenvalue weighted by atomic mass is 16.5. The van der Waals surface area contributed by atoms with Gasteiger partial charge < -0.3 is 14.5 Å². The van der Waals surface area contributed by atoms with Gasteiger partial charge in [0.15, 0.2) is 6.23 Å². The fourth-order valence-corrected chi connectivity index (χ4v) is 1.55. The van der Waals surface area contributed by atoms with Crippen LogP contribution in [-0.4, -0.2) is 55.5 Å². The molecular weight excluding hydrogens is 206 g/mol. The summed E-state index contributed by atoms with van der Waals surface area (Å²) in [6.07, 6.45) is 3.14. The third kappa shape index (κ3) is 2.61. The highest BCUT2D eigenvalue weighted by molar-refractivity contribution is 5.95. The van der Waals surface area contributed by atoms with Gasteiger partial charge in [-0.05, 0) is 19.9 Å². The predicted octanol–water partition coefficient (Wildman–Crippen LogP) is 0.685. The maximum atomic E-state index is 12.0. The van der Waals surface area contributed by atoms with Crippen LogP contribution in [0.15, 0.2) is 16.8 Å². The molecular formula is C11H19N3O2. The van der Waals surface area contributed by atoms with E-state index in [2.05, 4.69) is 4.99 Å². The van der Waals surface area contributed by atoms with Crippen LogP contribution in [0.25, 0.3) is 0 Å². The topological polar surface area (TPSA) is 45.1 Å². The zero-order chi connectivity index (χ0) is 12.1. The van der Waals surface area contributed by atoms with E-state index in [9.17, 15) is 4.79 Å². The van der Waals surface area contributed by atoms with Gasteiger partial charge in [0.2, 0.25) is 0 Å². The van der Waals surface area contributed by atoms with Crippen LogP contribution in [0.4, 0.5) is 0 Å². The maximum absolute atomic E-state index is 12.0. The number of hydrogen-bond donors (Lipinski definition) is 0. The van der Waals surface area contributed by atoms with E-state index in [0.29, 0.717) is 18.8 Å². The van der Waals surface area contributed by atoms with E-state index >= 15 is 0 Å². The van der Waals surface area contributed by atoms with Crippen molar-refractivity contribution < 1.29 is 9.53 Å². The van der Waals surface area contributed by atoms with Gasteiger partial charge in [-0.1, -0.05) is 0 Å². The van der Waals surface area contributed by atoms with Crippen LogP contribution >= 0.6 is 0 Å². The Labute approximate surface area is 96.4 Å². The third-order valence-corrected chi connectivity index (χ3v) is 2.59. The molecule has 1 unspecified atom stereocenters. The van der Waals surface area contributed by atoms with Crippen LogP contribution in [0.2, 0.25) is 0 Å². The van der Waals surface area contributed by atoms with Crippen molar-refractivity contribution in [3.63, 3.8) is 0 Å². The molecule has 0 bridgehead atoms. The summed E-state index contributed by atoms with van der Waals surface area (Å²) in [6.45, 7) is 5.29. The SMILES string of the molecule is CCN(CC)C(=O)C1=CC(OC)N(C)C=N1. The lowest BCUT2D eigenvalue weighted by Gasteiger charge is -2.27. The summed E-state index contributed by atoms with van der Waals surface area (Å²) in [4.78, 5) is 19.7. The van der Waals surface area contributed by atoms with Crippen LogP contribution in [0.1, 0.15) is 13.8 Å². The Morgan fingerprint density at radius 1 is 1.56 bits per heavy atom. The number of hydrogen-bond acceptors (Lipinski definition) is 4. The summed E-state index contributed by atoms with van der Waals surface area (Å²) < 4.78 is 5.22. The van der Waals surface area contributed by atoms with Crippen molar-refractivity contribution in [2.45, 2.75) is 20.1 Å². The molecule has 1 aliphatic heterocycles. The lowest BCUT2D eigenvalue weighted by molar-refractivity contribution is -0.127. The summed E-state index contributed by atoms with van der Waals surface area (Å²) in [7, 11) is 3.46. The first-order chi connectivity index (χ1) is 7.63. The van der Waals surface area contributed by atoms with Crippen molar-refractivity contribution in [2.24, 2.45) is 4.99 Å². The van der Waals surface area contributed by atoms with Crippen molar-refractivity contribution in [1.29, 1.82) is 0 Å². The molecule has 1 atom stereocenters. The van der Waals surface area contributed by atoms with E-state index in [0.717, 1.165) is 0 Å². The van der Waals surface area contributed by atoms with Crippen molar-refractivity contribution in [1.82, 2.24) is 9.80 Å². The van der Waals surface area contributed by atoms with E-state index in [-0.39, 0.29) is 12.1 Å². The molecule has 1 aliphatic rings. The van der Waals surface area contributed by atoms with Gasteiger partial charge in [-0.25, -0.2) is 4.99 Å². The van der Waals surface area contributed by atoms with E-state index in [1.165, 1.54) is 0 Å². The number of nitrogens with zero attached hydrogens (tertiary/aromatic N) is 3. The molecule has 0 aromatic rings. The molecule has 16 heavy (non-hydrogen) atoms. The number of likely N-dealkylation sites (N-methyl/N-ethyl adjacent to an activating group) is 2. The van der Waals surface area contributed by atoms with Gasteiger partial charge in [0.1, 0.15) is 5.70 Å². The molecule has 0 saturated carbocycles. The first kappa shape index (κ1) is 12.7. The highest BCUT2D eigenvalue weighted by Crippen LogP contribution is 2.12. The van der Waals surface area contributed by atoms with Gasteiger partial charge in [-0.15, -0.1) is 0 Å². The molecule has 0 spiro atoms. The van der Waals surface area contributed by atoms with Gasteiger partial charge >= 0.3 is 0 Å². The molecule has 0 aliphatic carbocycles. The molecule has 1 amide bonds. The van der Waals surface area contributed by atoms with E-state index in [1.54, 1.807) is 29.3 Å². The molecule has 0 radical (unpaired) electrons. The Balaban J connectivity index is 2.81. The van der Waals surface area contributed by atoms with E-state index < -0.39 is 0 Å². The van der Waals surface area contributed by atoms with E-state index in [4.69, 9.17) is 4.74 Å². The number of carbonyl (C=O) groups is 1. The molecule has 0 fully saturated rings. The Morgan fingerprint density at radius 3 is 2.69 bits per heavy atom. The number of methoxy groups -OCH3 is 1. The molecule has 5 heteroatoms. The average molecular weight is 225 g/mol. The fraction of sp³-hybridized carbons (Fsp3) is 0.636. The summed E-state index contributed by atoms with van der Waals surface area (Å²) in [6, 6.07) is 0. The minimum absolute atomic E-state index is 0.0450. The molecule has 90 valence electrons. The Morgan fingerprint density at radius 2 is 2.19 bits per heavy atom. The smallest absolute Gasteiger partial charge is 0.272 e. The van der Waals surface area contributed by atoms with Gasteiger partial charge in [0, 0.05) is 27.2 Å². The van der Waals surface area contributed by atoms with Gasteiger partial charge in [0.05, 0.1) is 6.34 Å². The lowest BCUT2D eigenvalue weighted by Crippen LogP contribution is -2.37. The molecule has 1 heterocycles. The van der Waals surface area contributed by atoms with Crippen molar-refractivity contribution in [2.75, 3.05) is 27.2 Å². The number of aliphatic imine (C=N–C) groups is 1. The summed E-state index contributed by atoms with van der Waals surface area (Å²) in [5.41, 5.74) is 0.452. The van der Waals surface area contributed by atoms with E-state index in [1.807, 2.05) is 20.9 Å². The minimum atomic E-state index is -0.216. The van der Waals surface area contributed by atoms with Gasteiger partial charge in [-0.3, -0.25) is 4.79 Å². The molecule has 1 rings (SSSR count). The van der Waals surface area contributed by atoms with Crippen molar-refractivity contribution >= 4 is 12.2 Å².